The van der Waals surface area contributed by atoms with E-state index < -0.39 is 39.7 Å². The van der Waals surface area contributed by atoms with Crippen LogP contribution in [0.2, 0.25) is 0 Å². The van der Waals surface area contributed by atoms with E-state index in [1.807, 2.05) is 0 Å². The minimum Gasteiger partial charge on any atom is -0.490 e. The number of benzene rings is 1. The van der Waals surface area contributed by atoms with Gasteiger partial charge >= 0.3 is 0 Å². The molecule has 0 aliphatic carbocycles. The Bertz CT molecular complexity index is 596. The van der Waals surface area contributed by atoms with Gasteiger partial charge in [-0.25, -0.2) is 26.3 Å². The van der Waals surface area contributed by atoms with E-state index in [4.69, 9.17) is 15.2 Å². The van der Waals surface area contributed by atoms with E-state index in [9.17, 15) is 21.6 Å². The maximum Gasteiger partial charge on any atom is 0.273 e. The quantitative estimate of drug-likeness (QED) is 0.646. The van der Waals surface area contributed by atoms with Gasteiger partial charge in [0.2, 0.25) is 10.0 Å². The molecule has 126 valence electrons. The summed E-state index contributed by atoms with van der Waals surface area (Å²) in [6, 6.07) is 2.78. The molecular weight excluding hydrogens is 325 g/mol. The number of methoxy groups -OCH3 is 1. The van der Waals surface area contributed by atoms with Crippen molar-refractivity contribution in [3.63, 3.8) is 0 Å². The summed E-state index contributed by atoms with van der Waals surface area (Å²) in [5.74, 6) is -4.41. The molecule has 10 heteroatoms. The van der Waals surface area contributed by atoms with E-state index in [1.165, 1.54) is 7.11 Å². The number of hydrogen-bond acceptors (Lipinski definition) is 5. The lowest BCUT2D eigenvalue weighted by atomic mass is 10.3. The van der Waals surface area contributed by atoms with Gasteiger partial charge in [-0.3, -0.25) is 0 Å². The Hall–Kier alpha value is -1.36. The van der Waals surface area contributed by atoms with E-state index in [-0.39, 0.29) is 19.0 Å². The Kier molecular flexibility index (Phi) is 6.60. The third-order valence-corrected chi connectivity index (χ3v) is 3.98. The van der Waals surface area contributed by atoms with E-state index in [1.54, 1.807) is 4.72 Å². The first-order valence-corrected chi connectivity index (χ1v) is 7.69. The van der Waals surface area contributed by atoms with Crippen LogP contribution in [0.3, 0.4) is 0 Å². The molecule has 0 aliphatic heterocycles. The van der Waals surface area contributed by atoms with Crippen LogP contribution in [0.5, 0.6) is 5.75 Å². The van der Waals surface area contributed by atoms with Crippen molar-refractivity contribution >= 4 is 10.0 Å². The van der Waals surface area contributed by atoms with E-state index in [2.05, 4.69) is 0 Å². The average molecular weight is 342 g/mol. The first-order chi connectivity index (χ1) is 10.2. The van der Waals surface area contributed by atoms with Crippen LogP contribution in [0.1, 0.15) is 0 Å². The largest absolute Gasteiger partial charge is 0.490 e. The zero-order chi connectivity index (χ0) is 16.8. The van der Waals surface area contributed by atoms with Crippen LogP contribution in [-0.2, 0) is 14.8 Å². The molecule has 3 N–H and O–H groups in total. The van der Waals surface area contributed by atoms with Gasteiger partial charge in [0.1, 0.15) is 23.1 Å². The van der Waals surface area contributed by atoms with Crippen LogP contribution in [0.25, 0.3) is 0 Å². The molecule has 0 heterocycles. The normalized spacial score (nSPS) is 12.4. The zero-order valence-electron chi connectivity index (χ0n) is 11.8. The Balaban J connectivity index is 2.99. The fraction of sp³-hybridized carbons (Fsp3) is 0.500. The molecule has 0 saturated heterocycles. The van der Waals surface area contributed by atoms with Crippen molar-refractivity contribution in [2.24, 2.45) is 5.73 Å². The molecule has 0 amide bonds. The van der Waals surface area contributed by atoms with Crippen LogP contribution in [0.15, 0.2) is 23.1 Å². The molecule has 1 aromatic carbocycles. The molecule has 6 nitrogen and oxygen atoms in total. The first kappa shape index (κ1) is 18.7. The minimum absolute atomic E-state index is 0.0175. The lowest BCUT2D eigenvalue weighted by Crippen LogP contribution is -2.41. The number of rotatable bonds is 9. The fourth-order valence-electron chi connectivity index (χ4n) is 1.40. The summed E-state index contributed by atoms with van der Waals surface area (Å²) >= 11 is 0. The van der Waals surface area contributed by atoms with Crippen molar-refractivity contribution in [3.8, 4) is 5.75 Å². The number of sulfonamides is 1. The molecule has 1 aromatic rings. The molecule has 22 heavy (non-hydrogen) atoms. The van der Waals surface area contributed by atoms with Gasteiger partial charge in [-0.15, -0.1) is 0 Å². The number of hydrogen-bond donors (Lipinski definition) is 2. The molecule has 0 bridgehead atoms. The number of nitrogens with one attached hydrogen (secondary N) is 1. The maximum atomic E-state index is 13.3. The van der Waals surface area contributed by atoms with E-state index >= 15 is 0 Å². The number of ether oxygens (including phenoxy) is 2. The van der Waals surface area contributed by atoms with Crippen molar-refractivity contribution in [1.82, 2.24) is 4.72 Å². The SMILES string of the molecule is COCCOc1ccc(F)cc1S(=O)(=O)NCC(F)(F)CN. The van der Waals surface area contributed by atoms with Crippen LogP contribution < -0.4 is 15.2 Å². The molecule has 0 unspecified atom stereocenters. The van der Waals surface area contributed by atoms with Crippen LogP contribution >= 0.6 is 0 Å². The average Bonchev–Trinajstić information content (AvgIpc) is 2.47. The summed E-state index contributed by atoms with van der Waals surface area (Å²) in [5, 5.41) is 0. The minimum atomic E-state index is -4.39. The topological polar surface area (TPSA) is 90.6 Å². The molecule has 0 fully saturated rings. The highest BCUT2D eigenvalue weighted by molar-refractivity contribution is 7.89. The summed E-state index contributed by atoms with van der Waals surface area (Å²) in [5.41, 5.74) is 4.83. The smallest absolute Gasteiger partial charge is 0.273 e. The molecule has 0 saturated carbocycles. The summed E-state index contributed by atoms with van der Waals surface area (Å²) in [4.78, 5) is -0.573. The van der Waals surface area contributed by atoms with Crippen molar-refractivity contribution in [2.45, 2.75) is 10.8 Å². The fourth-order valence-corrected chi connectivity index (χ4v) is 2.61. The van der Waals surface area contributed by atoms with Gasteiger partial charge in [0.05, 0.1) is 19.7 Å². The van der Waals surface area contributed by atoms with Crippen LogP contribution in [0, 0.1) is 5.82 Å². The Morgan fingerprint density at radius 1 is 1.32 bits per heavy atom. The number of alkyl halides is 2. The molecule has 0 aliphatic rings. The van der Waals surface area contributed by atoms with Gasteiger partial charge in [-0.2, -0.15) is 0 Å². The summed E-state index contributed by atoms with van der Waals surface area (Å²) in [6.07, 6.45) is 0. The summed E-state index contributed by atoms with van der Waals surface area (Å²) in [6.45, 7) is -2.02. The van der Waals surface area contributed by atoms with Crippen molar-refractivity contribution in [3.05, 3.63) is 24.0 Å². The lowest BCUT2D eigenvalue weighted by molar-refractivity contribution is 0.0170. The number of halogens is 3. The maximum absolute atomic E-state index is 13.3. The third kappa shape index (κ3) is 5.44. The molecule has 1 rings (SSSR count). The van der Waals surface area contributed by atoms with Crippen LogP contribution in [-0.4, -0.2) is 47.8 Å². The number of nitrogens with two attached hydrogens (primary N) is 1. The summed E-state index contributed by atoms with van der Waals surface area (Å²) in [7, 11) is -2.97. The molecule has 0 aromatic heterocycles. The summed E-state index contributed by atoms with van der Waals surface area (Å²) < 4.78 is 75.0. The lowest BCUT2D eigenvalue weighted by Gasteiger charge is -2.16. The Morgan fingerprint density at radius 3 is 2.59 bits per heavy atom. The van der Waals surface area contributed by atoms with Crippen LogP contribution in [0.4, 0.5) is 13.2 Å². The predicted molar refractivity (Wildman–Crippen MR) is 73.0 cm³/mol. The highest BCUT2D eigenvalue weighted by Crippen LogP contribution is 2.25. The third-order valence-electron chi connectivity index (χ3n) is 2.56. The predicted octanol–water partition coefficient (Wildman–Crippen LogP) is 0.723. The second kappa shape index (κ2) is 7.77. The monoisotopic (exact) mass is 342 g/mol. The highest BCUT2D eigenvalue weighted by Gasteiger charge is 2.30. The van der Waals surface area contributed by atoms with Gasteiger partial charge < -0.3 is 15.2 Å². The molecule has 0 atom stereocenters. The first-order valence-electron chi connectivity index (χ1n) is 6.21. The second-order valence-electron chi connectivity index (χ2n) is 4.32. The van der Waals surface area contributed by atoms with Crippen molar-refractivity contribution < 1.29 is 31.1 Å². The standard InChI is InChI=1S/C12H17F3N2O4S/c1-20-4-5-21-10-3-2-9(13)6-11(10)22(18,19)17-8-12(14,15)7-16/h2-3,6,17H,4-5,7-8,16H2,1H3. The zero-order valence-corrected chi connectivity index (χ0v) is 12.6. The Labute approximate surface area is 126 Å². The van der Waals surface area contributed by atoms with Gasteiger partial charge in [0.15, 0.2) is 0 Å². The van der Waals surface area contributed by atoms with E-state index in [0.717, 1.165) is 12.1 Å². The highest BCUT2D eigenvalue weighted by atomic mass is 32.2. The van der Waals surface area contributed by atoms with Gasteiger partial charge in [0, 0.05) is 7.11 Å². The van der Waals surface area contributed by atoms with Gasteiger partial charge in [0.25, 0.3) is 5.92 Å². The van der Waals surface area contributed by atoms with Crippen molar-refractivity contribution in [2.75, 3.05) is 33.4 Å². The Morgan fingerprint density at radius 2 is 2.00 bits per heavy atom. The molecular formula is C12H17F3N2O4S. The second-order valence-corrected chi connectivity index (χ2v) is 6.05. The molecule has 0 spiro atoms. The van der Waals surface area contributed by atoms with Gasteiger partial charge in [-0.05, 0) is 18.2 Å². The van der Waals surface area contributed by atoms with E-state index in [0.29, 0.717) is 6.07 Å². The van der Waals surface area contributed by atoms with Gasteiger partial charge in [-0.1, -0.05) is 0 Å². The van der Waals surface area contributed by atoms with Crippen molar-refractivity contribution in [1.29, 1.82) is 0 Å². The molecule has 0 radical (unpaired) electrons.